The van der Waals surface area contributed by atoms with Gasteiger partial charge in [0.15, 0.2) is 11.5 Å². The first-order valence-corrected chi connectivity index (χ1v) is 7.05. The maximum atomic E-state index is 11.3. The molecule has 2 aromatic rings. The minimum atomic E-state index is 0.0173. The summed E-state index contributed by atoms with van der Waals surface area (Å²) in [6.45, 7) is 1.83. The van der Waals surface area contributed by atoms with E-state index in [1.165, 1.54) is 0 Å². The highest BCUT2D eigenvalue weighted by atomic mass is 16.7. The topological polar surface area (TPSA) is 38.8 Å². The van der Waals surface area contributed by atoms with E-state index in [1.54, 1.807) is 18.9 Å². The Labute approximate surface area is 129 Å². The summed E-state index contributed by atoms with van der Waals surface area (Å²) in [7, 11) is 1.76. The molecule has 1 amide bonds. The van der Waals surface area contributed by atoms with E-state index < -0.39 is 0 Å². The molecule has 2 aromatic carbocycles. The molecule has 0 spiro atoms. The predicted molar refractivity (Wildman–Crippen MR) is 87.0 cm³/mol. The Balaban J connectivity index is 1.74. The van der Waals surface area contributed by atoms with Gasteiger partial charge in [-0.05, 0) is 35.4 Å². The van der Waals surface area contributed by atoms with Crippen LogP contribution in [0, 0.1) is 0 Å². The normalized spacial score (nSPS) is 12.6. The number of fused-ring (bicyclic) bond motifs is 1. The van der Waals surface area contributed by atoms with Gasteiger partial charge in [0, 0.05) is 19.7 Å². The van der Waals surface area contributed by atoms with Gasteiger partial charge in [-0.3, -0.25) is 4.79 Å². The molecule has 0 bridgehead atoms. The van der Waals surface area contributed by atoms with Gasteiger partial charge < -0.3 is 14.4 Å². The first-order chi connectivity index (χ1) is 10.6. The van der Waals surface area contributed by atoms with Gasteiger partial charge in [-0.2, -0.15) is 0 Å². The highest BCUT2D eigenvalue weighted by Gasteiger charge is 2.12. The average Bonchev–Trinajstić information content (AvgIpc) is 3.00. The molecule has 0 saturated carbocycles. The number of amides is 1. The van der Waals surface area contributed by atoms with Gasteiger partial charge >= 0.3 is 0 Å². The second-order valence-electron chi connectivity index (χ2n) is 5.12. The zero-order chi connectivity index (χ0) is 15.5. The van der Waals surface area contributed by atoms with E-state index in [1.807, 2.05) is 54.6 Å². The number of carbonyl (C=O) groups is 1. The van der Waals surface area contributed by atoms with Gasteiger partial charge in [0.1, 0.15) is 0 Å². The minimum Gasteiger partial charge on any atom is -0.454 e. The second kappa shape index (κ2) is 5.93. The first kappa shape index (κ1) is 14.2. The van der Waals surface area contributed by atoms with Crippen LogP contribution in [0.5, 0.6) is 11.5 Å². The van der Waals surface area contributed by atoms with Gasteiger partial charge in [0.05, 0.1) is 0 Å². The van der Waals surface area contributed by atoms with Gasteiger partial charge in [-0.15, -0.1) is 0 Å². The lowest BCUT2D eigenvalue weighted by atomic mass is 10.1. The molecule has 0 unspecified atom stereocenters. The van der Waals surface area contributed by atoms with Crippen molar-refractivity contribution >= 4 is 23.7 Å². The number of hydrogen-bond acceptors (Lipinski definition) is 3. The standard InChI is InChI=1S/C18H17NO3/c1-13(20)19(2)16-8-5-14(6-9-16)3-4-15-7-10-17-18(11-15)22-12-21-17/h3-11H,12H2,1-2H3/b4-3+. The summed E-state index contributed by atoms with van der Waals surface area (Å²) in [6, 6.07) is 13.7. The fraction of sp³-hybridized carbons (Fsp3) is 0.167. The number of rotatable bonds is 3. The molecule has 1 heterocycles. The molecule has 4 nitrogen and oxygen atoms in total. The van der Waals surface area contributed by atoms with Crippen LogP contribution in [0.15, 0.2) is 42.5 Å². The summed E-state index contributed by atoms with van der Waals surface area (Å²) in [5.41, 5.74) is 3.00. The molecule has 0 radical (unpaired) electrons. The molecule has 0 atom stereocenters. The van der Waals surface area contributed by atoms with E-state index in [4.69, 9.17) is 9.47 Å². The third-order valence-electron chi connectivity index (χ3n) is 3.62. The van der Waals surface area contributed by atoms with Gasteiger partial charge in [-0.1, -0.05) is 30.4 Å². The fourth-order valence-corrected chi connectivity index (χ4v) is 2.20. The van der Waals surface area contributed by atoms with Crippen molar-refractivity contribution in [1.29, 1.82) is 0 Å². The van der Waals surface area contributed by atoms with E-state index in [9.17, 15) is 4.79 Å². The average molecular weight is 295 g/mol. The Morgan fingerprint density at radius 1 is 1.00 bits per heavy atom. The van der Waals surface area contributed by atoms with Crippen molar-refractivity contribution < 1.29 is 14.3 Å². The van der Waals surface area contributed by atoms with E-state index >= 15 is 0 Å². The van der Waals surface area contributed by atoms with Gasteiger partial charge in [0.25, 0.3) is 0 Å². The van der Waals surface area contributed by atoms with Crippen LogP contribution < -0.4 is 14.4 Å². The maximum absolute atomic E-state index is 11.3. The zero-order valence-corrected chi connectivity index (χ0v) is 12.6. The SMILES string of the molecule is CC(=O)N(C)c1ccc(/C=C/c2ccc3c(c2)OCO3)cc1. The third kappa shape index (κ3) is 2.96. The van der Waals surface area contributed by atoms with Crippen LogP contribution in [0.25, 0.3) is 12.2 Å². The summed E-state index contributed by atoms with van der Waals surface area (Å²) in [4.78, 5) is 12.9. The summed E-state index contributed by atoms with van der Waals surface area (Å²) in [5, 5.41) is 0. The van der Waals surface area contributed by atoms with E-state index in [-0.39, 0.29) is 12.7 Å². The molecule has 0 fully saturated rings. The summed E-state index contributed by atoms with van der Waals surface area (Å²) >= 11 is 0. The maximum Gasteiger partial charge on any atom is 0.231 e. The number of carbonyl (C=O) groups excluding carboxylic acids is 1. The Hall–Kier alpha value is -2.75. The summed E-state index contributed by atoms with van der Waals surface area (Å²) in [5.74, 6) is 1.58. The third-order valence-corrected chi connectivity index (χ3v) is 3.62. The van der Waals surface area contributed by atoms with Crippen LogP contribution in [0.2, 0.25) is 0 Å². The molecule has 1 aliphatic heterocycles. The molecule has 1 aliphatic rings. The van der Waals surface area contributed by atoms with Crippen molar-refractivity contribution in [2.75, 3.05) is 18.7 Å². The number of anilines is 1. The van der Waals surface area contributed by atoms with Crippen molar-refractivity contribution in [2.45, 2.75) is 6.92 Å². The summed E-state index contributed by atoms with van der Waals surface area (Å²) in [6.07, 6.45) is 4.04. The largest absolute Gasteiger partial charge is 0.454 e. The van der Waals surface area contributed by atoms with Crippen LogP contribution in [0.1, 0.15) is 18.1 Å². The predicted octanol–water partition coefficient (Wildman–Crippen LogP) is 3.57. The van der Waals surface area contributed by atoms with E-state index in [0.29, 0.717) is 0 Å². The van der Waals surface area contributed by atoms with Crippen molar-refractivity contribution in [3.63, 3.8) is 0 Å². The van der Waals surface area contributed by atoms with Crippen molar-refractivity contribution in [2.24, 2.45) is 0 Å². The van der Waals surface area contributed by atoms with Gasteiger partial charge in [-0.25, -0.2) is 0 Å². The first-order valence-electron chi connectivity index (χ1n) is 7.05. The van der Waals surface area contributed by atoms with Crippen LogP contribution in [-0.4, -0.2) is 19.7 Å². The monoisotopic (exact) mass is 295 g/mol. The Morgan fingerprint density at radius 2 is 1.64 bits per heavy atom. The van der Waals surface area contributed by atoms with Crippen LogP contribution in [-0.2, 0) is 4.79 Å². The molecule has 112 valence electrons. The zero-order valence-electron chi connectivity index (χ0n) is 12.6. The molecule has 4 heteroatoms. The van der Waals surface area contributed by atoms with Crippen LogP contribution in [0.4, 0.5) is 5.69 Å². The highest BCUT2D eigenvalue weighted by Crippen LogP contribution is 2.33. The van der Waals surface area contributed by atoms with Gasteiger partial charge in [0.2, 0.25) is 12.7 Å². The Morgan fingerprint density at radius 3 is 2.36 bits per heavy atom. The lowest BCUT2D eigenvalue weighted by Crippen LogP contribution is -2.22. The number of ether oxygens (including phenoxy) is 2. The molecule has 0 aromatic heterocycles. The summed E-state index contributed by atoms with van der Waals surface area (Å²) < 4.78 is 10.7. The molecule has 0 N–H and O–H groups in total. The smallest absolute Gasteiger partial charge is 0.231 e. The molecule has 3 rings (SSSR count). The number of nitrogens with zero attached hydrogens (tertiary/aromatic N) is 1. The lowest BCUT2D eigenvalue weighted by molar-refractivity contribution is -0.116. The minimum absolute atomic E-state index is 0.0173. The molecular formula is C18H17NO3. The quantitative estimate of drug-likeness (QED) is 0.813. The molecule has 0 saturated heterocycles. The second-order valence-corrected chi connectivity index (χ2v) is 5.12. The molecular weight excluding hydrogens is 278 g/mol. The van der Waals surface area contributed by atoms with Crippen LogP contribution in [0.3, 0.4) is 0 Å². The lowest BCUT2D eigenvalue weighted by Gasteiger charge is -2.14. The van der Waals surface area contributed by atoms with Crippen molar-refractivity contribution in [1.82, 2.24) is 0 Å². The number of hydrogen-bond donors (Lipinski definition) is 0. The Kier molecular flexibility index (Phi) is 3.83. The number of benzene rings is 2. The molecule has 0 aliphatic carbocycles. The Bertz CT molecular complexity index is 720. The highest BCUT2D eigenvalue weighted by molar-refractivity contribution is 5.91. The van der Waals surface area contributed by atoms with E-state index in [0.717, 1.165) is 28.3 Å². The van der Waals surface area contributed by atoms with Crippen LogP contribution >= 0.6 is 0 Å². The fourth-order valence-electron chi connectivity index (χ4n) is 2.20. The van der Waals surface area contributed by atoms with Crippen molar-refractivity contribution in [3.8, 4) is 11.5 Å². The molecule has 22 heavy (non-hydrogen) atoms. The van der Waals surface area contributed by atoms with E-state index in [2.05, 4.69) is 0 Å². The van der Waals surface area contributed by atoms with Crippen molar-refractivity contribution in [3.05, 3.63) is 53.6 Å².